The van der Waals surface area contributed by atoms with Gasteiger partial charge in [0, 0.05) is 23.1 Å². The molecular formula is C69H71N3O. The van der Waals surface area contributed by atoms with Crippen molar-refractivity contribution >= 4 is 22.9 Å². The molecule has 368 valence electrons. The Morgan fingerprint density at radius 3 is 2.14 bits per heavy atom. The number of fused-ring (bicyclic) bond motifs is 5. The number of nitrogens with zero attached hydrogens (tertiary/aromatic N) is 3. The van der Waals surface area contributed by atoms with Crippen molar-refractivity contribution in [1.29, 1.82) is 0 Å². The smallest absolute Gasteiger partial charge is 0.159 e. The standard InChI is InChI=1S/C69H71N3O/c1-43-16-14-19-50(36-43)56-32-27-52(38-46(56)4)62-42-68(7,55-30-25-49(26-31-55)48-17-10-9-11-18-48)72-66(71-62)53-28-33-60(47(5)39-53)67(6)35-15-20-54(41-67)65-69(8)64(57-21-12-13-22-63(57)73-69)59-40-51(29-34-61(59)70-65)58-37-44(2)23-24-45(58)3/h9-35,40,43-47,58,64H,36-39,41-42H2,1-8H3. The zero-order valence-corrected chi connectivity index (χ0v) is 44.2. The Morgan fingerprint density at radius 1 is 0.589 bits per heavy atom. The molecule has 0 spiro atoms. The Morgan fingerprint density at radius 2 is 1.34 bits per heavy atom. The molecule has 8 aliphatic rings. The van der Waals surface area contributed by atoms with Gasteiger partial charge in [-0.25, -0.2) is 9.98 Å². The van der Waals surface area contributed by atoms with Crippen molar-refractivity contribution < 1.29 is 4.74 Å². The highest BCUT2D eigenvalue weighted by Gasteiger charge is 2.54. The van der Waals surface area contributed by atoms with Gasteiger partial charge in [-0.05, 0) is 149 Å². The van der Waals surface area contributed by atoms with E-state index in [1.807, 2.05) is 0 Å². The third kappa shape index (κ3) is 8.53. The second kappa shape index (κ2) is 18.4. The van der Waals surface area contributed by atoms with Crippen LogP contribution in [-0.4, -0.2) is 22.9 Å². The predicted octanol–water partition coefficient (Wildman–Crippen LogP) is 17.4. The van der Waals surface area contributed by atoms with E-state index >= 15 is 0 Å². The van der Waals surface area contributed by atoms with Gasteiger partial charge in [-0.1, -0.05) is 205 Å². The molecule has 4 aromatic rings. The minimum atomic E-state index is -0.645. The van der Waals surface area contributed by atoms with E-state index in [1.165, 1.54) is 73.2 Å². The molecule has 3 heterocycles. The van der Waals surface area contributed by atoms with Crippen LogP contribution in [-0.2, 0) is 5.54 Å². The summed E-state index contributed by atoms with van der Waals surface area (Å²) < 4.78 is 7.16. The fraction of sp³-hybridized carbons (Fsp3) is 0.348. The van der Waals surface area contributed by atoms with Gasteiger partial charge in [0.05, 0.1) is 22.9 Å². The highest BCUT2D eigenvalue weighted by molar-refractivity contribution is 6.15. The summed E-state index contributed by atoms with van der Waals surface area (Å²) in [5.74, 6) is 4.71. The lowest BCUT2D eigenvalue weighted by Gasteiger charge is -2.42. The lowest BCUT2D eigenvalue weighted by Crippen LogP contribution is -2.47. The van der Waals surface area contributed by atoms with E-state index in [-0.39, 0.29) is 17.3 Å². The van der Waals surface area contributed by atoms with E-state index in [9.17, 15) is 0 Å². The number of aliphatic imine (C=N–C) groups is 3. The van der Waals surface area contributed by atoms with Crippen molar-refractivity contribution in [3.05, 3.63) is 226 Å². The summed E-state index contributed by atoms with van der Waals surface area (Å²) in [5, 5.41) is 0. The first-order valence-corrected chi connectivity index (χ1v) is 27.4. The van der Waals surface area contributed by atoms with Crippen LogP contribution in [0.25, 0.3) is 11.1 Å². The minimum absolute atomic E-state index is 0.0461. The molecule has 3 aliphatic heterocycles. The number of amidine groups is 1. The molecular weight excluding hydrogens is 887 g/mol. The van der Waals surface area contributed by atoms with Crippen molar-refractivity contribution in [3.8, 4) is 16.9 Å². The summed E-state index contributed by atoms with van der Waals surface area (Å²) in [6.07, 6.45) is 33.9. The Labute approximate surface area is 435 Å². The van der Waals surface area contributed by atoms with E-state index in [4.69, 9.17) is 19.7 Å². The summed E-state index contributed by atoms with van der Waals surface area (Å²) in [6, 6.07) is 35.6. The first-order chi connectivity index (χ1) is 35.2. The van der Waals surface area contributed by atoms with E-state index < -0.39 is 11.1 Å². The van der Waals surface area contributed by atoms with Crippen molar-refractivity contribution in [2.75, 3.05) is 0 Å². The molecule has 5 aliphatic carbocycles. The number of hydrogen-bond acceptors (Lipinski definition) is 4. The quantitative estimate of drug-likeness (QED) is 0.162. The van der Waals surface area contributed by atoms with Gasteiger partial charge in [0.15, 0.2) is 11.4 Å². The van der Waals surface area contributed by atoms with E-state index in [1.54, 1.807) is 0 Å². The molecule has 12 rings (SSSR count). The third-order valence-electron chi connectivity index (χ3n) is 18.0. The third-order valence-corrected chi connectivity index (χ3v) is 18.0. The maximum absolute atomic E-state index is 7.16. The molecule has 0 aromatic heterocycles. The second-order valence-electron chi connectivity index (χ2n) is 23.7. The maximum Gasteiger partial charge on any atom is 0.159 e. The van der Waals surface area contributed by atoms with Crippen molar-refractivity contribution in [2.45, 2.75) is 117 Å². The zero-order valence-electron chi connectivity index (χ0n) is 44.2. The Kier molecular flexibility index (Phi) is 11.9. The fourth-order valence-electron chi connectivity index (χ4n) is 14.0. The van der Waals surface area contributed by atoms with E-state index in [2.05, 4.69) is 225 Å². The van der Waals surface area contributed by atoms with Gasteiger partial charge in [0.25, 0.3) is 0 Å². The minimum Gasteiger partial charge on any atom is -0.480 e. The van der Waals surface area contributed by atoms with Crippen LogP contribution in [0.1, 0.15) is 128 Å². The lowest BCUT2D eigenvalue weighted by atomic mass is 9.64. The first-order valence-electron chi connectivity index (χ1n) is 27.4. The largest absolute Gasteiger partial charge is 0.480 e. The Hall–Kier alpha value is -6.65. The summed E-state index contributed by atoms with van der Waals surface area (Å²) in [4.78, 5) is 16.9. The number of benzene rings is 4. The zero-order chi connectivity index (χ0) is 50.2. The van der Waals surface area contributed by atoms with Crippen molar-refractivity contribution in [2.24, 2.45) is 50.0 Å². The Balaban J connectivity index is 0.876. The number of para-hydroxylation sites is 1. The molecule has 4 aromatic carbocycles. The molecule has 0 N–H and O–H groups in total. The number of rotatable bonds is 8. The van der Waals surface area contributed by atoms with Crippen LogP contribution in [0.5, 0.6) is 5.75 Å². The van der Waals surface area contributed by atoms with Crippen LogP contribution in [0, 0.1) is 35.0 Å². The average Bonchev–Trinajstić information content (AvgIpc) is 3.73. The maximum atomic E-state index is 7.16. The van der Waals surface area contributed by atoms with E-state index in [0.29, 0.717) is 29.6 Å². The SMILES string of the molecule is CC1C=CC=C(C2=CC=C(C3=NC(C4=CC=C(C5(C)C=CC=C(C6=Nc7ccc(C8CC(C)C=CC8C)cc7C7c8ccccc8OC67C)C5)C(C)C4)=NC(C)(c4ccc(-c5ccccc5)cc4)C3)CC2C)C1. The normalized spacial score (nSPS) is 32.2. The van der Waals surface area contributed by atoms with Crippen LogP contribution < -0.4 is 4.74 Å². The van der Waals surface area contributed by atoms with Crippen LogP contribution in [0.3, 0.4) is 0 Å². The van der Waals surface area contributed by atoms with Gasteiger partial charge in [0.2, 0.25) is 0 Å². The molecule has 4 nitrogen and oxygen atoms in total. The number of allylic oxidation sites excluding steroid dienone is 16. The second-order valence-corrected chi connectivity index (χ2v) is 23.7. The van der Waals surface area contributed by atoms with Gasteiger partial charge in [-0.3, -0.25) is 4.99 Å². The van der Waals surface area contributed by atoms with Crippen LogP contribution in [0.2, 0.25) is 0 Å². The van der Waals surface area contributed by atoms with Crippen molar-refractivity contribution in [1.82, 2.24) is 0 Å². The fourth-order valence-corrected chi connectivity index (χ4v) is 14.0. The molecule has 0 radical (unpaired) electrons. The summed E-state index contributed by atoms with van der Waals surface area (Å²) >= 11 is 0. The lowest BCUT2D eigenvalue weighted by molar-refractivity contribution is 0.173. The van der Waals surface area contributed by atoms with Crippen molar-refractivity contribution in [3.63, 3.8) is 0 Å². The summed E-state index contributed by atoms with van der Waals surface area (Å²) in [5.41, 5.74) is 17.7. The average molecular weight is 958 g/mol. The molecule has 0 saturated heterocycles. The molecule has 0 bridgehead atoms. The van der Waals surface area contributed by atoms with Crippen LogP contribution in [0.4, 0.5) is 5.69 Å². The molecule has 0 amide bonds. The Bertz CT molecular complexity index is 3290. The number of hydrogen-bond donors (Lipinski definition) is 0. The van der Waals surface area contributed by atoms with Gasteiger partial charge >= 0.3 is 0 Å². The van der Waals surface area contributed by atoms with Gasteiger partial charge < -0.3 is 4.74 Å². The molecule has 0 fully saturated rings. The van der Waals surface area contributed by atoms with Gasteiger partial charge in [-0.2, -0.15) is 0 Å². The molecule has 10 unspecified atom stereocenters. The highest BCUT2D eigenvalue weighted by atomic mass is 16.5. The van der Waals surface area contributed by atoms with Crippen LogP contribution >= 0.6 is 0 Å². The highest BCUT2D eigenvalue weighted by Crippen LogP contribution is 2.57. The van der Waals surface area contributed by atoms with Gasteiger partial charge in [-0.15, -0.1) is 0 Å². The molecule has 10 atom stereocenters. The monoisotopic (exact) mass is 958 g/mol. The number of ether oxygens (including phenoxy) is 1. The van der Waals surface area contributed by atoms with E-state index in [0.717, 1.165) is 60.8 Å². The first kappa shape index (κ1) is 47.4. The molecule has 4 heteroatoms. The summed E-state index contributed by atoms with van der Waals surface area (Å²) in [6.45, 7) is 18.9. The predicted molar refractivity (Wildman–Crippen MR) is 305 cm³/mol. The topological polar surface area (TPSA) is 46.3 Å². The molecule has 0 saturated carbocycles. The van der Waals surface area contributed by atoms with Crippen LogP contribution in [0.15, 0.2) is 218 Å². The van der Waals surface area contributed by atoms with Gasteiger partial charge in [0.1, 0.15) is 5.75 Å². The molecule has 73 heavy (non-hydrogen) atoms. The summed E-state index contributed by atoms with van der Waals surface area (Å²) in [7, 11) is 0.